The number of para-hydroxylation sites is 1. The minimum atomic E-state index is -3.86. The molecule has 0 saturated heterocycles. The fourth-order valence-electron chi connectivity index (χ4n) is 3.97. The van der Waals surface area contributed by atoms with Crippen LogP contribution in [0.2, 0.25) is 5.02 Å². The molecule has 4 aromatic rings. The van der Waals surface area contributed by atoms with Crippen LogP contribution < -0.4 is 10.0 Å². The second kappa shape index (κ2) is 9.39. The Bertz CT molecular complexity index is 1430. The number of hydrogen-bond acceptors (Lipinski definition) is 3. The maximum absolute atomic E-state index is 13.3. The van der Waals surface area contributed by atoms with E-state index in [1.54, 1.807) is 25.1 Å². The summed E-state index contributed by atoms with van der Waals surface area (Å²) in [7, 11) is -3.86. The molecular formula is C25H24ClN3O3S. The average molecular weight is 482 g/mol. The highest BCUT2D eigenvalue weighted by Crippen LogP contribution is 2.34. The van der Waals surface area contributed by atoms with Crippen LogP contribution in [0, 0.1) is 6.92 Å². The molecular weight excluding hydrogens is 458 g/mol. The number of halogens is 1. The molecule has 0 radical (unpaired) electrons. The zero-order valence-corrected chi connectivity index (χ0v) is 19.8. The normalized spacial score (nSPS) is 12.6. The number of amides is 1. The zero-order valence-electron chi connectivity index (χ0n) is 18.2. The summed E-state index contributed by atoms with van der Waals surface area (Å²) in [6, 6.07) is 20.1. The van der Waals surface area contributed by atoms with Crippen molar-refractivity contribution in [3.05, 3.63) is 94.6 Å². The van der Waals surface area contributed by atoms with Crippen molar-refractivity contribution >= 4 is 44.1 Å². The Hall–Kier alpha value is -3.13. The zero-order chi connectivity index (χ0) is 23.6. The number of anilines is 1. The van der Waals surface area contributed by atoms with Crippen molar-refractivity contribution in [3.8, 4) is 0 Å². The predicted molar refractivity (Wildman–Crippen MR) is 132 cm³/mol. The quantitative estimate of drug-likeness (QED) is 0.339. The number of nitrogens with one attached hydrogen (secondary N) is 3. The van der Waals surface area contributed by atoms with Crippen LogP contribution in [-0.2, 0) is 14.8 Å². The van der Waals surface area contributed by atoms with Gasteiger partial charge in [0.1, 0.15) is 0 Å². The number of carbonyl (C=O) groups is 1. The molecule has 1 atom stereocenters. The van der Waals surface area contributed by atoms with Crippen LogP contribution in [0.4, 0.5) is 5.69 Å². The maximum atomic E-state index is 13.3. The number of fused-ring (bicyclic) bond motifs is 1. The van der Waals surface area contributed by atoms with E-state index < -0.39 is 10.0 Å². The summed E-state index contributed by atoms with van der Waals surface area (Å²) >= 11 is 6.52. The van der Waals surface area contributed by atoms with E-state index in [1.165, 1.54) is 13.0 Å². The molecule has 1 unspecified atom stereocenters. The van der Waals surface area contributed by atoms with Crippen molar-refractivity contribution < 1.29 is 13.2 Å². The van der Waals surface area contributed by atoms with Gasteiger partial charge in [-0.15, -0.1) is 0 Å². The van der Waals surface area contributed by atoms with Crippen LogP contribution in [0.1, 0.15) is 29.5 Å². The maximum Gasteiger partial charge on any atom is 0.240 e. The Labute approximate surface area is 198 Å². The van der Waals surface area contributed by atoms with Gasteiger partial charge in [0.2, 0.25) is 15.9 Å². The Kier molecular flexibility index (Phi) is 6.56. The lowest BCUT2D eigenvalue weighted by molar-refractivity contribution is -0.114. The van der Waals surface area contributed by atoms with Gasteiger partial charge in [-0.3, -0.25) is 4.79 Å². The summed E-state index contributed by atoms with van der Waals surface area (Å²) < 4.78 is 29.3. The molecule has 3 aromatic carbocycles. The van der Waals surface area contributed by atoms with E-state index in [4.69, 9.17) is 11.6 Å². The summed E-state index contributed by atoms with van der Waals surface area (Å²) in [4.78, 5) is 14.8. The lowest BCUT2D eigenvalue weighted by Crippen LogP contribution is -2.29. The van der Waals surface area contributed by atoms with E-state index in [0.717, 1.165) is 22.0 Å². The van der Waals surface area contributed by atoms with Crippen molar-refractivity contribution in [2.45, 2.75) is 24.7 Å². The summed E-state index contributed by atoms with van der Waals surface area (Å²) in [5, 5.41) is 4.20. The first-order valence-electron chi connectivity index (χ1n) is 10.4. The van der Waals surface area contributed by atoms with E-state index in [9.17, 15) is 13.2 Å². The van der Waals surface area contributed by atoms with E-state index in [2.05, 4.69) is 15.0 Å². The average Bonchev–Trinajstić information content (AvgIpc) is 3.20. The van der Waals surface area contributed by atoms with Crippen molar-refractivity contribution in [1.82, 2.24) is 9.71 Å². The van der Waals surface area contributed by atoms with Gasteiger partial charge in [0, 0.05) is 47.2 Å². The number of aromatic amines is 1. The number of rotatable bonds is 7. The Morgan fingerprint density at radius 2 is 1.76 bits per heavy atom. The van der Waals surface area contributed by atoms with Gasteiger partial charge in [0.05, 0.1) is 4.90 Å². The Morgan fingerprint density at radius 1 is 1.03 bits per heavy atom. The molecule has 0 aliphatic heterocycles. The monoisotopic (exact) mass is 481 g/mol. The van der Waals surface area contributed by atoms with Crippen LogP contribution in [0.3, 0.4) is 0 Å². The third-order valence-corrected chi connectivity index (χ3v) is 7.46. The van der Waals surface area contributed by atoms with Crippen LogP contribution in [-0.4, -0.2) is 25.9 Å². The summed E-state index contributed by atoms with van der Waals surface area (Å²) in [5.41, 5.74) is 3.75. The molecule has 1 amide bonds. The lowest BCUT2D eigenvalue weighted by atomic mass is 9.91. The topological polar surface area (TPSA) is 91.1 Å². The standard InChI is InChI=1S/C25H24ClN3O3S/c1-16-11-12-18(29-17(2)30)13-25(16)33(31,32)28-15-22(19-7-3-5-9-23(19)26)21-14-27-24-10-6-4-8-20(21)24/h3-14,22,27-28H,15H2,1-2H3,(H,29,30). The van der Waals surface area contributed by atoms with E-state index in [1.807, 2.05) is 48.7 Å². The minimum absolute atomic E-state index is 0.109. The van der Waals surface area contributed by atoms with Gasteiger partial charge in [-0.25, -0.2) is 13.1 Å². The fourth-order valence-corrected chi connectivity index (χ4v) is 5.55. The van der Waals surface area contributed by atoms with Gasteiger partial charge in [-0.1, -0.05) is 54.1 Å². The lowest BCUT2D eigenvalue weighted by Gasteiger charge is -2.20. The van der Waals surface area contributed by atoms with Gasteiger partial charge in [0.25, 0.3) is 0 Å². The largest absolute Gasteiger partial charge is 0.361 e. The first kappa shape index (κ1) is 23.0. The SMILES string of the molecule is CC(=O)Nc1ccc(C)c(S(=O)(=O)NCC(c2ccccc2Cl)c2c[nH]c3ccccc23)c1. The summed E-state index contributed by atoms with van der Waals surface area (Å²) in [6.45, 7) is 3.21. The molecule has 1 aromatic heterocycles. The number of H-pyrrole nitrogens is 1. The predicted octanol–water partition coefficient (Wildman–Crippen LogP) is 5.20. The minimum Gasteiger partial charge on any atom is -0.361 e. The molecule has 8 heteroatoms. The highest BCUT2D eigenvalue weighted by Gasteiger charge is 2.24. The van der Waals surface area contributed by atoms with E-state index in [-0.39, 0.29) is 23.3 Å². The third-order valence-electron chi connectivity index (χ3n) is 5.55. The number of hydrogen-bond donors (Lipinski definition) is 3. The molecule has 0 fully saturated rings. The molecule has 0 aliphatic rings. The number of aryl methyl sites for hydroxylation is 1. The molecule has 0 spiro atoms. The third kappa shape index (κ3) is 4.95. The Morgan fingerprint density at radius 3 is 2.52 bits per heavy atom. The van der Waals surface area contributed by atoms with Crippen molar-refractivity contribution in [3.63, 3.8) is 0 Å². The second-order valence-electron chi connectivity index (χ2n) is 7.88. The molecule has 3 N–H and O–H groups in total. The molecule has 0 saturated carbocycles. The fraction of sp³-hybridized carbons (Fsp3) is 0.160. The van der Waals surface area contributed by atoms with Crippen molar-refractivity contribution in [2.24, 2.45) is 0 Å². The number of aromatic nitrogens is 1. The van der Waals surface area contributed by atoms with Crippen LogP contribution in [0.5, 0.6) is 0 Å². The number of sulfonamides is 1. The van der Waals surface area contributed by atoms with E-state index in [0.29, 0.717) is 16.3 Å². The van der Waals surface area contributed by atoms with Crippen LogP contribution >= 0.6 is 11.6 Å². The molecule has 0 aliphatic carbocycles. The number of benzene rings is 3. The van der Waals surface area contributed by atoms with Gasteiger partial charge >= 0.3 is 0 Å². The van der Waals surface area contributed by atoms with Gasteiger partial charge in [0.15, 0.2) is 0 Å². The van der Waals surface area contributed by atoms with Crippen molar-refractivity contribution in [2.75, 3.05) is 11.9 Å². The molecule has 4 rings (SSSR count). The van der Waals surface area contributed by atoms with Crippen molar-refractivity contribution in [1.29, 1.82) is 0 Å². The molecule has 6 nitrogen and oxygen atoms in total. The highest BCUT2D eigenvalue weighted by molar-refractivity contribution is 7.89. The molecule has 0 bridgehead atoms. The summed E-state index contributed by atoms with van der Waals surface area (Å²) in [5.74, 6) is -0.586. The molecule has 170 valence electrons. The summed E-state index contributed by atoms with van der Waals surface area (Å²) in [6.07, 6.45) is 1.90. The van der Waals surface area contributed by atoms with Gasteiger partial charge in [-0.2, -0.15) is 0 Å². The van der Waals surface area contributed by atoms with Crippen LogP contribution in [0.25, 0.3) is 10.9 Å². The Balaban J connectivity index is 1.71. The second-order valence-corrected chi connectivity index (χ2v) is 10.0. The van der Waals surface area contributed by atoms with Crippen LogP contribution in [0.15, 0.2) is 77.8 Å². The van der Waals surface area contributed by atoms with Gasteiger partial charge in [-0.05, 0) is 47.9 Å². The first-order valence-corrected chi connectivity index (χ1v) is 12.3. The molecule has 33 heavy (non-hydrogen) atoms. The first-order chi connectivity index (χ1) is 15.8. The smallest absolute Gasteiger partial charge is 0.240 e. The number of carbonyl (C=O) groups excluding carboxylic acids is 1. The van der Waals surface area contributed by atoms with E-state index >= 15 is 0 Å². The highest BCUT2D eigenvalue weighted by atomic mass is 35.5. The van der Waals surface area contributed by atoms with Gasteiger partial charge < -0.3 is 10.3 Å². The molecule has 1 heterocycles.